The predicted octanol–water partition coefficient (Wildman–Crippen LogP) is 9.25. The molecule has 2 bridgehead atoms. The van der Waals surface area contributed by atoms with Crippen LogP contribution in [0.25, 0.3) is 0 Å². The summed E-state index contributed by atoms with van der Waals surface area (Å²) in [5.74, 6) is -0.656. The SMILES string of the molecule is CCOC(=O)OC(C)[C@@]12CO[C@@](c3ccc(C)c(Cc4ccc(OCC)cc4)c3)(O1)[C@H](OCc1ccccc1)[C@@H](OCc1ccccc1)[C@@H]2OCc1ccccc1. The summed E-state index contributed by atoms with van der Waals surface area (Å²) in [5, 5.41) is 0. The first-order chi connectivity index (χ1) is 27.8. The van der Waals surface area contributed by atoms with Crippen LogP contribution in [-0.2, 0) is 65.2 Å². The van der Waals surface area contributed by atoms with Gasteiger partial charge in [-0.15, -0.1) is 0 Å². The Bertz CT molecular complexity index is 2020. The molecule has 9 heteroatoms. The Kier molecular flexibility index (Phi) is 13.0. The molecule has 2 heterocycles. The second kappa shape index (κ2) is 18.5. The van der Waals surface area contributed by atoms with Gasteiger partial charge in [-0.1, -0.05) is 115 Å². The highest BCUT2D eigenvalue weighted by Crippen LogP contribution is 2.54. The molecular formula is C48H52O9. The van der Waals surface area contributed by atoms with Gasteiger partial charge in [-0.05, 0) is 85.7 Å². The van der Waals surface area contributed by atoms with E-state index in [2.05, 4.69) is 31.2 Å². The van der Waals surface area contributed by atoms with Crippen LogP contribution in [0.5, 0.6) is 5.75 Å². The molecule has 7 rings (SSSR count). The number of ether oxygens (including phenoxy) is 8. The zero-order valence-electron chi connectivity index (χ0n) is 33.1. The quantitative estimate of drug-likeness (QED) is 0.0859. The summed E-state index contributed by atoms with van der Waals surface area (Å²) in [5.41, 5.74) is 5.68. The number of benzene rings is 5. The fourth-order valence-electron chi connectivity index (χ4n) is 7.70. The molecule has 0 saturated carbocycles. The van der Waals surface area contributed by atoms with Crippen LogP contribution in [0.1, 0.15) is 59.7 Å². The van der Waals surface area contributed by atoms with Crippen molar-refractivity contribution in [3.05, 3.63) is 172 Å². The van der Waals surface area contributed by atoms with Gasteiger partial charge in [-0.3, -0.25) is 0 Å². The van der Waals surface area contributed by atoms with Gasteiger partial charge < -0.3 is 37.9 Å². The number of fused-ring (bicyclic) bond motifs is 2. The van der Waals surface area contributed by atoms with Gasteiger partial charge in [-0.25, -0.2) is 4.79 Å². The summed E-state index contributed by atoms with van der Waals surface area (Å²) >= 11 is 0. The summed E-state index contributed by atoms with van der Waals surface area (Å²) in [6.07, 6.45) is -3.45. The Hall–Kier alpha value is -5.03. The van der Waals surface area contributed by atoms with Crippen LogP contribution in [0.4, 0.5) is 4.79 Å². The minimum atomic E-state index is -1.49. The molecule has 5 aromatic carbocycles. The average molecular weight is 773 g/mol. The highest BCUT2D eigenvalue weighted by Gasteiger charge is 2.72. The van der Waals surface area contributed by atoms with Crippen molar-refractivity contribution in [2.45, 2.75) is 89.7 Å². The molecule has 0 amide bonds. The normalized spacial score (nSPS) is 23.1. The summed E-state index contributed by atoms with van der Waals surface area (Å²) in [6, 6.07) is 44.3. The summed E-state index contributed by atoms with van der Waals surface area (Å²) < 4.78 is 52.3. The number of aryl methyl sites for hydroxylation is 1. The Balaban J connectivity index is 1.34. The fourth-order valence-corrected chi connectivity index (χ4v) is 7.70. The third-order valence-corrected chi connectivity index (χ3v) is 10.7. The van der Waals surface area contributed by atoms with E-state index < -0.39 is 42.0 Å². The molecule has 0 aliphatic carbocycles. The zero-order chi connectivity index (χ0) is 39.7. The van der Waals surface area contributed by atoms with Crippen molar-refractivity contribution < 1.29 is 42.7 Å². The number of carbonyl (C=O) groups is 1. The molecule has 0 radical (unpaired) electrons. The van der Waals surface area contributed by atoms with Crippen molar-refractivity contribution in [1.82, 2.24) is 0 Å². The third-order valence-electron chi connectivity index (χ3n) is 10.7. The summed E-state index contributed by atoms with van der Waals surface area (Å²) in [6.45, 7) is 9.15. The zero-order valence-corrected chi connectivity index (χ0v) is 33.1. The molecule has 0 spiro atoms. The van der Waals surface area contributed by atoms with E-state index in [9.17, 15) is 4.79 Å². The van der Waals surface area contributed by atoms with Crippen LogP contribution >= 0.6 is 0 Å². The third kappa shape index (κ3) is 9.09. The first kappa shape index (κ1) is 40.2. The van der Waals surface area contributed by atoms with Gasteiger partial charge in [0, 0.05) is 5.56 Å². The lowest BCUT2D eigenvalue weighted by Gasteiger charge is -2.52. The standard InChI is InChI=1S/C48H52O9/c1-5-50-42-26-23-36(24-27-42)28-40-29-41(25-22-34(40)3)48-45(54-32-39-20-14-9-15-21-39)43(52-30-37-16-10-7-11-17-37)44(53-31-38-18-12-8-13-19-38)47(57-48,33-55-48)35(4)56-46(49)51-6-2/h7-27,29,35,43-45H,5-6,28,30-33H2,1-4H3/t35?,43-,44-,45+,47+,48-/m0/s1. The molecule has 1 unspecified atom stereocenters. The molecule has 6 atom stereocenters. The topological polar surface area (TPSA) is 90.9 Å². The Morgan fingerprint density at radius 3 is 1.86 bits per heavy atom. The molecule has 0 N–H and O–H groups in total. The fraction of sp³-hybridized carbons (Fsp3) is 0.354. The van der Waals surface area contributed by atoms with E-state index >= 15 is 0 Å². The van der Waals surface area contributed by atoms with E-state index in [4.69, 9.17) is 37.9 Å². The van der Waals surface area contributed by atoms with Gasteiger partial charge in [0.05, 0.1) is 39.6 Å². The van der Waals surface area contributed by atoms with Crippen molar-refractivity contribution in [3.63, 3.8) is 0 Å². The van der Waals surface area contributed by atoms with Crippen LogP contribution in [0.2, 0.25) is 0 Å². The van der Waals surface area contributed by atoms with Gasteiger partial charge in [0.2, 0.25) is 5.79 Å². The lowest BCUT2D eigenvalue weighted by molar-refractivity contribution is -0.359. The molecule has 2 aliphatic rings. The molecule has 0 aromatic heterocycles. The molecule has 2 saturated heterocycles. The molecule has 57 heavy (non-hydrogen) atoms. The average Bonchev–Trinajstić information content (AvgIpc) is 3.60. The van der Waals surface area contributed by atoms with Gasteiger partial charge in [0.1, 0.15) is 30.2 Å². The van der Waals surface area contributed by atoms with E-state index in [1.165, 1.54) is 0 Å². The first-order valence-corrected chi connectivity index (χ1v) is 19.8. The lowest BCUT2D eigenvalue weighted by atomic mass is 9.80. The summed E-state index contributed by atoms with van der Waals surface area (Å²) in [7, 11) is 0. The lowest BCUT2D eigenvalue weighted by Crippen LogP contribution is -2.69. The maximum atomic E-state index is 13.0. The molecular weight excluding hydrogens is 721 g/mol. The largest absolute Gasteiger partial charge is 0.508 e. The Morgan fingerprint density at radius 2 is 1.28 bits per heavy atom. The monoisotopic (exact) mass is 772 g/mol. The van der Waals surface area contributed by atoms with Gasteiger partial charge in [-0.2, -0.15) is 0 Å². The van der Waals surface area contributed by atoms with Crippen molar-refractivity contribution in [2.75, 3.05) is 19.8 Å². The smallest absolute Gasteiger partial charge is 0.494 e. The second-order valence-corrected chi connectivity index (χ2v) is 14.5. The number of rotatable bonds is 17. The first-order valence-electron chi connectivity index (χ1n) is 19.8. The number of hydrogen-bond donors (Lipinski definition) is 0. The number of carbonyl (C=O) groups excluding carboxylic acids is 1. The van der Waals surface area contributed by atoms with Crippen molar-refractivity contribution in [1.29, 1.82) is 0 Å². The highest BCUT2D eigenvalue weighted by atomic mass is 16.8. The Labute approximate surface area is 335 Å². The van der Waals surface area contributed by atoms with Crippen molar-refractivity contribution in [3.8, 4) is 5.75 Å². The second-order valence-electron chi connectivity index (χ2n) is 14.5. The van der Waals surface area contributed by atoms with Gasteiger partial charge in [0.25, 0.3) is 0 Å². The van der Waals surface area contributed by atoms with E-state index in [0.717, 1.165) is 44.7 Å². The molecule has 2 fully saturated rings. The minimum Gasteiger partial charge on any atom is -0.494 e. The van der Waals surface area contributed by atoms with Crippen LogP contribution in [0.15, 0.2) is 133 Å². The number of hydrogen-bond acceptors (Lipinski definition) is 9. The minimum absolute atomic E-state index is 0.0194. The Morgan fingerprint density at radius 1 is 0.702 bits per heavy atom. The van der Waals surface area contributed by atoms with E-state index in [1.807, 2.05) is 116 Å². The molecule has 5 aromatic rings. The van der Waals surface area contributed by atoms with E-state index in [0.29, 0.717) is 13.0 Å². The van der Waals surface area contributed by atoms with Crippen LogP contribution < -0.4 is 4.74 Å². The van der Waals surface area contributed by atoms with Crippen LogP contribution in [-0.4, -0.2) is 56.0 Å². The highest BCUT2D eigenvalue weighted by molar-refractivity contribution is 5.60. The van der Waals surface area contributed by atoms with Crippen molar-refractivity contribution >= 4 is 6.16 Å². The van der Waals surface area contributed by atoms with Crippen LogP contribution in [0, 0.1) is 6.92 Å². The molecule has 9 nitrogen and oxygen atoms in total. The van der Waals surface area contributed by atoms with Gasteiger partial charge in [0.15, 0.2) is 5.60 Å². The molecule has 298 valence electrons. The maximum Gasteiger partial charge on any atom is 0.508 e. The van der Waals surface area contributed by atoms with E-state index in [1.54, 1.807) is 13.8 Å². The molecule has 2 aliphatic heterocycles. The summed E-state index contributed by atoms with van der Waals surface area (Å²) in [4.78, 5) is 13.0. The predicted molar refractivity (Wildman–Crippen MR) is 216 cm³/mol. The van der Waals surface area contributed by atoms with Crippen molar-refractivity contribution in [2.24, 2.45) is 0 Å². The van der Waals surface area contributed by atoms with E-state index in [-0.39, 0.29) is 33.0 Å². The van der Waals surface area contributed by atoms with Crippen LogP contribution in [0.3, 0.4) is 0 Å². The van der Waals surface area contributed by atoms with Gasteiger partial charge >= 0.3 is 6.16 Å². The maximum absolute atomic E-state index is 13.0.